The zero-order valence-corrected chi connectivity index (χ0v) is 11.7. The first-order valence-electron chi connectivity index (χ1n) is 6.29. The van der Waals surface area contributed by atoms with Crippen molar-refractivity contribution < 1.29 is 0 Å². The van der Waals surface area contributed by atoms with Crippen LogP contribution in [0.25, 0.3) is 10.9 Å². The largest absolute Gasteiger partial charge is 0.380 e. The number of nitrogens with two attached hydrogens (primary N) is 1. The van der Waals surface area contributed by atoms with E-state index >= 15 is 0 Å². The van der Waals surface area contributed by atoms with E-state index in [4.69, 9.17) is 5.73 Å². The van der Waals surface area contributed by atoms with Crippen molar-refractivity contribution in [3.63, 3.8) is 0 Å². The van der Waals surface area contributed by atoms with Gasteiger partial charge in [0, 0.05) is 28.1 Å². The van der Waals surface area contributed by atoms with Gasteiger partial charge >= 0.3 is 0 Å². The Kier molecular flexibility index (Phi) is 3.22. The van der Waals surface area contributed by atoms with E-state index in [2.05, 4.69) is 50.5 Å². The molecule has 3 rings (SSSR count). The standard InChI is InChI=1S/C14H16BrN3/c15-10-6-9-2-1-3-13(14(9)17-8-10)18-12-5-4-11(16)7-12/h1-3,6,8,11-12,18H,4-5,7,16H2. The summed E-state index contributed by atoms with van der Waals surface area (Å²) >= 11 is 3.45. The fourth-order valence-corrected chi connectivity index (χ4v) is 2.97. The van der Waals surface area contributed by atoms with Crippen LogP contribution < -0.4 is 11.1 Å². The Morgan fingerprint density at radius 2 is 2.22 bits per heavy atom. The van der Waals surface area contributed by atoms with Crippen molar-refractivity contribution in [3.8, 4) is 0 Å². The molecule has 0 radical (unpaired) electrons. The molecule has 2 aromatic rings. The summed E-state index contributed by atoms with van der Waals surface area (Å²) in [5.74, 6) is 0. The van der Waals surface area contributed by atoms with E-state index in [9.17, 15) is 0 Å². The minimum atomic E-state index is 0.347. The maximum atomic E-state index is 5.95. The number of para-hydroxylation sites is 1. The second-order valence-electron chi connectivity index (χ2n) is 4.95. The number of rotatable bonds is 2. The Balaban J connectivity index is 1.92. The quantitative estimate of drug-likeness (QED) is 0.895. The zero-order chi connectivity index (χ0) is 12.5. The lowest BCUT2D eigenvalue weighted by atomic mass is 10.1. The maximum absolute atomic E-state index is 5.95. The molecule has 2 atom stereocenters. The molecule has 1 aliphatic carbocycles. The molecule has 18 heavy (non-hydrogen) atoms. The number of hydrogen-bond donors (Lipinski definition) is 2. The molecule has 0 saturated heterocycles. The number of nitrogens with one attached hydrogen (secondary N) is 1. The average Bonchev–Trinajstić information content (AvgIpc) is 2.75. The van der Waals surface area contributed by atoms with Crippen LogP contribution in [0.3, 0.4) is 0 Å². The summed E-state index contributed by atoms with van der Waals surface area (Å²) in [4.78, 5) is 4.50. The van der Waals surface area contributed by atoms with E-state index in [1.165, 1.54) is 0 Å². The predicted octanol–water partition coefficient (Wildman–Crippen LogP) is 3.29. The molecule has 1 heterocycles. The van der Waals surface area contributed by atoms with Crippen molar-refractivity contribution in [2.75, 3.05) is 5.32 Å². The van der Waals surface area contributed by atoms with E-state index in [-0.39, 0.29) is 0 Å². The van der Waals surface area contributed by atoms with Crippen molar-refractivity contribution in [1.82, 2.24) is 4.98 Å². The van der Waals surface area contributed by atoms with Crippen LogP contribution >= 0.6 is 15.9 Å². The first kappa shape index (κ1) is 11.9. The van der Waals surface area contributed by atoms with Gasteiger partial charge in [-0.15, -0.1) is 0 Å². The molecule has 3 nitrogen and oxygen atoms in total. The molecular formula is C14H16BrN3. The van der Waals surface area contributed by atoms with Crippen LogP contribution in [-0.4, -0.2) is 17.1 Å². The third kappa shape index (κ3) is 2.35. The normalized spacial score (nSPS) is 23.4. The van der Waals surface area contributed by atoms with Crippen LogP contribution in [0.4, 0.5) is 5.69 Å². The average molecular weight is 306 g/mol. The zero-order valence-electron chi connectivity index (χ0n) is 10.1. The Labute approximate surface area is 115 Å². The number of hydrogen-bond acceptors (Lipinski definition) is 3. The highest BCUT2D eigenvalue weighted by Gasteiger charge is 2.21. The van der Waals surface area contributed by atoms with Crippen LogP contribution in [0, 0.1) is 0 Å². The molecule has 1 fully saturated rings. The van der Waals surface area contributed by atoms with Gasteiger partial charge in [-0.3, -0.25) is 4.98 Å². The van der Waals surface area contributed by atoms with Crippen LogP contribution in [0.2, 0.25) is 0 Å². The highest BCUT2D eigenvalue weighted by atomic mass is 79.9. The molecule has 94 valence electrons. The Morgan fingerprint density at radius 1 is 1.33 bits per heavy atom. The van der Waals surface area contributed by atoms with Gasteiger partial charge in [0.1, 0.15) is 0 Å². The second kappa shape index (κ2) is 4.86. The molecule has 0 spiro atoms. The van der Waals surface area contributed by atoms with Gasteiger partial charge in [0.25, 0.3) is 0 Å². The SMILES string of the molecule is NC1CCC(Nc2cccc3cc(Br)cnc23)C1. The lowest BCUT2D eigenvalue weighted by Gasteiger charge is -2.15. The smallest absolute Gasteiger partial charge is 0.0934 e. The van der Waals surface area contributed by atoms with Crippen molar-refractivity contribution in [2.45, 2.75) is 31.3 Å². The number of aromatic nitrogens is 1. The van der Waals surface area contributed by atoms with Crippen LogP contribution in [-0.2, 0) is 0 Å². The van der Waals surface area contributed by atoms with E-state index in [1.807, 2.05) is 6.20 Å². The third-order valence-electron chi connectivity index (χ3n) is 3.51. The summed E-state index contributed by atoms with van der Waals surface area (Å²) in [5.41, 5.74) is 8.09. The van der Waals surface area contributed by atoms with Crippen LogP contribution in [0.5, 0.6) is 0 Å². The molecule has 3 N–H and O–H groups in total. The van der Waals surface area contributed by atoms with Crippen molar-refractivity contribution in [3.05, 3.63) is 34.9 Å². The highest BCUT2D eigenvalue weighted by molar-refractivity contribution is 9.10. The molecule has 4 heteroatoms. The second-order valence-corrected chi connectivity index (χ2v) is 5.86. The Hall–Kier alpha value is -1.13. The van der Waals surface area contributed by atoms with Crippen molar-refractivity contribution in [1.29, 1.82) is 0 Å². The van der Waals surface area contributed by atoms with Gasteiger partial charge < -0.3 is 11.1 Å². The summed E-state index contributed by atoms with van der Waals surface area (Å²) in [5, 5.41) is 4.73. The molecule has 1 saturated carbocycles. The predicted molar refractivity (Wildman–Crippen MR) is 78.7 cm³/mol. The minimum absolute atomic E-state index is 0.347. The first-order valence-corrected chi connectivity index (χ1v) is 7.08. The summed E-state index contributed by atoms with van der Waals surface area (Å²) in [6.45, 7) is 0. The first-order chi connectivity index (χ1) is 8.72. The van der Waals surface area contributed by atoms with Gasteiger partial charge in [0.05, 0.1) is 11.2 Å². The fourth-order valence-electron chi connectivity index (χ4n) is 2.62. The summed E-state index contributed by atoms with van der Waals surface area (Å²) in [6.07, 6.45) is 5.15. The molecule has 0 amide bonds. The fraction of sp³-hybridized carbons (Fsp3) is 0.357. The minimum Gasteiger partial charge on any atom is -0.380 e. The molecule has 1 aromatic carbocycles. The Morgan fingerprint density at radius 3 is 3.00 bits per heavy atom. The highest BCUT2D eigenvalue weighted by Crippen LogP contribution is 2.27. The summed E-state index contributed by atoms with van der Waals surface area (Å²) < 4.78 is 1.01. The lowest BCUT2D eigenvalue weighted by molar-refractivity contribution is 0.688. The van der Waals surface area contributed by atoms with Gasteiger partial charge in [-0.25, -0.2) is 0 Å². The lowest BCUT2D eigenvalue weighted by Crippen LogP contribution is -2.20. The van der Waals surface area contributed by atoms with Crippen molar-refractivity contribution in [2.24, 2.45) is 5.73 Å². The molecular weight excluding hydrogens is 290 g/mol. The number of halogens is 1. The molecule has 0 bridgehead atoms. The number of benzene rings is 1. The topological polar surface area (TPSA) is 50.9 Å². The van der Waals surface area contributed by atoms with Gasteiger partial charge in [-0.2, -0.15) is 0 Å². The molecule has 1 aromatic heterocycles. The van der Waals surface area contributed by atoms with E-state index in [1.54, 1.807) is 0 Å². The third-order valence-corrected chi connectivity index (χ3v) is 3.94. The number of nitrogens with zero attached hydrogens (tertiary/aromatic N) is 1. The number of anilines is 1. The van der Waals surface area contributed by atoms with Gasteiger partial charge in [-0.1, -0.05) is 12.1 Å². The van der Waals surface area contributed by atoms with Crippen LogP contribution in [0.1, 0.15) is 19.3 Å². The van der Waals surface area contributed by atoms with Gasteiger partial charge in [0.2, 0.25) is 0 Å². The van der Waals surface area contributed by atoms with Crippen LogP contribution in [0.15, 0.2) is 34.9 Å². The maximum Gasteiger partial charge on any atom is 0.0934 e. The van der Waals surface area contributed by atoms with Crippen molar-refractivity contribution >= 4 is 32.5 Å². The molecule has 2 unspecified atom stereocenters. The van der Waals surface area contributed by atoms with E-state index in [0.717, 1.165) is 40.3 Å². The van der Waals surface area contributed by atoms with Gasteiger partial charge in [0.15, 0.2) is 0 Å². The summed E-state index contributed by atoms with van der Waals surface area (Å²) in [6, 6.07) is 9.16. The summed E-state index contributed by atoms with van der Waals surface area (Å²) in [7, 11) is 0. The number of fused-ring (bicyclic) bond motifs is 1. The number of pyridine rings is 1. The van der Waals surface area contributed by atoms with E-state index in [0.29, 0.717) is 12.1 Å². The Bertz CT molecular complexity index is 570. The van der Waals surface area contributed by atoms with Gasteiger partial charge in [-0.05, 0) is 47.3 Å². The molecule has 1 aliphatic rings. The van der Waals surface area contributed by atoms with E-state index < -0.39 is 0 Å². The molecule has 0 aliphatic heterocycles. The monoisotopic (exact) mass is 305 g/mol.